The Hall–Kier alpha value is -6.95. The topological polar surface area (TPSA) is 41.7 Å². The van der Waals surface area contributed by atoms with Gasteiger partial charge in [-0.2, -0.15) is 0 Å². The summed E-state index contributed by atoms with van der Waals surface area (Å²) in [5.41, 5.74) is 13.9. The molecule has 3 aliphatic heterocycles. The number of aromatic nitrogens is 1. The second kappa shape index (κ2) is 12.5. The van der Waals surface area contributed by atoms with Gasteiger partial charge in [0.2, 0.25) is 0 Å². The third kappa shape index (κ3) is 4.70. The summed E-state index contributed by atoms with van der Waals surface area (Å²) in [7, 11) is 0. The number of fused-ring (bicyclic) bond motifs is 11. The highest BCUT2D eigenvalue weighted by molar-refractivity contribution is 7.99. The van der Waals surface area contributed by atoms with E-state index in [1.165, 1.54) is 65.1 Å². The van der Waals surface area contributed by atoms with Crippen molar-refractivity contribution >= 4 is 45.2 Å². The van der Waals surface area contributed by atoms with Crippen molar-refractivity contribution in [3.05, 3.63) is 233 Å². The lowest BCUT2D eigenvalue weighted by Crippen LogP contribution is -2.37. The van der Waals surface area contributed by atoms with Crippen LogP contribution in [0, 0.1) is 0 Å². The second-order valence-corrected chi connectivity index (χ2v) is 16.0. The number of rotatable bonds is 4. The Balaban J connectivity index is 1.07. The van der Waals surface area contributed by atoms with Gasteiger partial charge in [-0.1, -0.05) is 182 Å². The molecule has 2 atom stereocenters. The van der Waals surface area contributed by atoms with Gasteiger partial charge >= 0.3 is 0 Å². The molecule has 12 rings (SSSR count). The van der Waals surface area contributed by atoms with Crippen LogP contribution in [0.2, 0.25) is 0 Å². The van der Waals surface area contributed by atoms with Crippen molar-refractivity contribution in [1.29, 1.82) is 0 Å². The van der Waals surface area contributed by atoms with Gasteiger partial charge in [0.1, 0.15) is 11.7 Å². The maximum absolute atomic E-state index is 5.21. The molecule has 0 radical (unpaired) electrons. The predicted octanol–water partition coefficient (Wildman–Crippen LogP) is 12.1. The van der Waals surface area contributed by atoms with Crippen LogP contribution in [0.25, 0.3) is 38.6 Å². The minimum absolute atomic E-state index is 0.359. The van der Waals surface area contributed by atoms with Crippen molar-refractivity contribution in [3.63, 3.8) is 0 Å². The normalized spacial score (nSPS) is 17.6. The summed E-state index contributed by atoms with van der Waals surface area (Å²) in [6.07, 6.45) is -0.359. The number of para-hydroxylation sites is 3. The van der Waals surface area contributed by atoms with Crippen molar-refractivity contribution in [2.45, 2.75) is 21.4 Å². The van der Waals surface area contributed by atoms with Gasteiger partial charge in [-0.3, -0.25) is 0 Å². The molecule has 9 aromatic rings. The quantitative estimate of drug-likeness (QED) is 0.195. The Morgan fingerprint density at radius 1 is 0.491 bits per heavy atom. The summed E-state index contributed by atoms with van der Waals surface area (Å²) < 4.78 is 2.51. The van der Waals surface area contributed by atoms with E-state index in [0.29, 0.717) is 0 Å². The largest absolute Gasteiger partial charge is 0.324 e. The average Bonchev–Trinajstić information content (AvgIpc) is 3.63. The molecule has 0 bridgehead atoms. The third-order valence-corrected chi connectivity index (χ3v) is 13.1. The molecular formula is C52H34N4S. The molecule has 268 valence electrons. The number of nitrogens with one attached hydrogen (secondary N) is 1. The highest BCUT2D eigenvalue weighted by Crippen LogP contribution is 2.61. The number of nitrogens with zero attached hydrogens (tertiary/aromatic N) is 3. The summed E-state index contributed by atoms with van der Waals surface area (Å²) in [4.78, 5) is 12.8. The Labute approximate surface area is 334 Å². The van der Waals surface area contributed by atoms with Crippen LogP contribution in [0.5, 0.6) is 0 Å². The van der Waals surface area contributed by atoms with Crippen LogP contribution in [0.4, 0.5) is 0 Å². The molecule has 0 fully saturated rings. The average molecular weight is 747 g/mol. The monoisotopic (exact) mass is 746 g/mol. The Morgan fingerprint density at radius 3 is 1.98 bits per heavy atom. The molecule has 0 amide bonds. The molecule has 4 nitrogen and oxygen atoms in total. The highest BCUT2D eigenvalue weighted by Gasteiger charge is 2.49. The SMILES string of the molecule is c1ccc(C2=NC(c3ccccc3)N=C(c3cccc(-c4cccc5c4Sc4ccccc4C54c5ccccc5-n5c6ccccc6c6cccc4c65)c3)N2)cc1. The first-order chi connectivity index (χ1) is 28.3. The molecule has 0 saturated carbocycles. The Kier molecular flexibility index (Phi) is 7.10. The van der Waals surface area contributed by atoms with E-state index in [1.54, 1.807) is 0 Å². The summed E-state index contributed by atoms with van der Waals surface area (Å²) in [6, 6.07) is 70.3. The molecule has 2 unspecified atom stereocenters. The minimum Gasteiger partial charge on any atom is -0.324 e. The van der Waals surface area contributed by atoms with E-state index in [-0.39, 0.29) is 6.17 Å². The fraction of sp³-hybridized carbons (Fsp3) is 0.0385. The lowest BCUT2D eigenvalue weighted by atomic mass is 9.62. The van der Waals surface area contributed by atoms with Gasteiger partial charge in [-0.15, -0.1) is 0 Å². The van der Waals surface area contributed by atoms with Crippen LogP contribution in [0.15, 0.2) is 214 Å². The van der Waals surface area contributed by atoms with E-state index in [9.17, 15) is 0 Å². The van der Waals surface area contributed by atoms with Gasteiger partial charge in [0, 0.05) is 31.7 Å². The third-order valence-electron chi connectivity index (χ3n) is 11.9. The lowest BCUT2D eigenvalue weighted by Gasteiger charge is -2.45. The Bertz CT molecular complexity index is 3140. The molecule has 0 aliphatic carbocycles. The lowest BCUT2D eigenvalue weighted by molar-refractivity contribution is 0.690. The number of benzene rings is 8. The standard InChI is InChI=1S/C52H34N4S/c1-3-16-33(17-4-1)49-53-50(34-18-5-2-6-19-34)55-51(54-49)36-21-13-20-35(32-36)37-23-14-28-43-48(37)57-46-31-12-9-26-41(46)52(43)40-25-8-11-30-45(40)56-44-29-10-7-22-38(44)39-24-15-27-42(52)47(39)56/h1-32,49H,(H,53,54,55). The molecule has 5 heteroatoms. The van der Waals surface area contributed by atoms with Crippen molar-refractivity contribution in [3.8, 4) is 16.8 Å². The maximum atomic E-state index is 5.21. The van der Waals surface area contributed by atoms with Gasteiger partial charge in [0.05, 0.1) is 22.1 Å². The molecule has 4 heterocycles. The van der Waals surface area contributed by atoms with Crippen LogP contribution < -0.4 is 5.32 Å². The van der Waals surface area contributed by atoms with E-state index in [4.69, 9.17) is 9.98 Å². The van der Waals surface area contributed by atoms with Crippen molar-refractivity contribution in [2.75, 3.05) is 0 Å². The number of hydrogen-bond acceptors (Lipinski definition) is 4. The highest BCUT2D eigenvalue weighted by atomic mass is 32.2. The van der Waals surface area contributed by atoms with E-state index in [2.05, 4.69) is 192 Å². The minimum atomic E-state index is -0.537. The number of hydrogen-bond donors (Lipinski definition) is 1. The zero-order valence-electron chi connectivity index (χ0n) is 30.8. The molecule has 57 heavy (non-hydrogen) atoms. The Morgan fingerprint density at radius 2 is 1.11 bits per heavy atom. The van der Waals surface area contributed by atoms with Crippen LogP contribution >= 0.6 is 11.8 Å². The molecule has 1 N–H and O–H groups in total. The van der Waals surface area contributed by atoms with Crippen molar-refractivity contribution in [1.82, 2.24) is 9.88 Å². The maximum Gasteiger partial charge on any atom is 0.169 e. The second-order valence-electron chi connectivity index (χ2n) is 14.9. The number of aliphatic imine (C=N–C) groups is 2. The smallest absolute Gasteiger partial charge is 0.169 e. The first-order valence-electron chi connectivity index (χ1n) is 19.4. The van der Waals surface area contributed by atoms with Crippen LogP contribution in [0.3, 0.4) is 0 Å². The molecule has 1 aromatic heterocycles. The van der Waals surface area contributed by atoms with Crippen molar-refractivity contribution < 1.29 is 0 Å². The van der Waals surface area contributed by atoms with E-state index in [0.717, 1.165) is 33.9 Å². The van der Waals surface area contributed by atoms with Crippen LogP contribution in [-0.4, -0.2) is 16.2 Å². The zero-order chi connectivity index (χ0) is 37.5. The van der Waals surface area contributed by atoms with Gasteiger partial charge in [0.25, 0.3) is 0 Å². The predicted molar refractivity (Wildman–Crippen MR) is 234 cm³/mol. The zero-order valence-corrected chi connectivity index (χ0v) is 31.6. The molecule has 3 aliphatic rings. The van der Waals surface area contributed by atoms with E-state index >= 15 is 0 Å². The number of amidine groups is 2. The molecule has 0 saturated heterocycles. The van der Waals surface area contributed by atoms with Gasteiger partial charge in [0.15, 0.2) is 6.17 Å². The van der Waals surface area contributed by atoms with Crippen LogP contribution in [0.1, 0.15) is 45.1 Å². The summed E-state index contributed by atoms with van der Waals surface area (Å²) in [5, 5.41) is 6.18. The van der Waals surface area contributed by atoms with Crippen LogP contribution in [-0.2, 0) is 5.41 Å². The van der Waals surface area contributed by atoms with Gasteiger partial charge in [-0.25, -0.2) is 9.98 Å². The first kappa shape index (κ1) is 32.3. The van der Waals surface area contributed by atoms with Gasteiger partial charge in [-0.05, 0) is 63.2 Å². The molecule has 8 aromatic carbocycles. The van der Waals surface area contributed by atoms with E-state index in [1.807, 2.05) is 23.9 Å². The van der Waals surface area contributed by atoms with E-state index < -0.39 is 5.41 Å². The molecular weight excluding hydrogens is 713 g/mol. The fourth-order valence-corrected chi connectivity index (χ4v) is 10.8. The van der Waals surface area contributed by atoms with Gasteiger partial charge < -0.3 is 9.88 Å². The fourth-order valence-electron chi connectivity index (χ4n) is 9.52. The summed E-state index contributed by atoms with van der Waals surface area (Å²) in [5.74, 6) is 1.62. The molecule has 1 spiro atoms. The van der Waals surface area contributed by atoms with Crippen molar-refractivity contribution in [2.24, 2.45) is 9.98 Å². The first-order valence-corrected chi connectivity index (χ1v) is 20.3. The summed E-state index contributed by atoms with van der Waals surface area (Å²) >= 11 is 1.89. The summed E-state index contributed by atoms with van der Waals surface area (Å²) in [6.45, 7) is 0.